The molecule has 2 N–H and O–H groups in total. The Bertz CT molecular complexity index is 1450. The summed E-state index contributed by atoms with van der Waals surface area (Å²) in [5, 5.41) is 14.7. The average molecular weight is 532 g/mol. The molecule has 202 valence electrons. The van der Waals surface area contributed by atoms with Crippen LogP contribution in [0.4, 0.5) is 20.6 Å². The van der Waals surface area contributed by atoms with Crippen LogP contribution < -0.4 is 5.32 Å². The number of para-hydroxylation sites is 1. The highest BCUT2D eigenvalue weighted by Gasteiger charge is 2.24. The van der Waals surface area contributed by atoms with Crippen molar-refractivity contribution in [3.05, 3.63) is 106 Å². The van der Waals surface area contributed by atoms with Gasteiger partial charge in [0.15, 0.2) is 0 Å². The molecule has 1 aromatic heterocycles. The molecule has 0 aliphatic rings. The van der Waals surface area contributed by atoms with Crippen molar-refractivity contribution >= 4 is 34.2 Å². The lowest BCUT2D eigenvalue weighted by molar-refractivity contribution is -0.384. The van der Waals surface area contributed by atoms with Gasteiger partial charge in [0.05, 0.1) is 4.92 Å². The zero-order valence-electron chi connectivity index (χ0n) is 21.8. The monoisotopic (exact) mass is 531 g/mol. The van der Waals surface area contributed by atoms with Crippen LogP contribution in [0.1, 0.15) is 25.0 Å². The lowest BCUT2D eigenvalue weighted by Crippen LogP contribution is -2.47. The van der Waals surface area contributed by atoms with Gasteiger partial charge in [-0.25, -0.2) is 9.18 Å². The van der Waals surface area contributed by atoms with Crippen LogP contribution in [0.25, 0.3) is 10.9 Å². The molecule has 3 aromatic carbocycles. The minimum absolute atomic E-state index is 0.0875. The van der Waals surface area contributed by atoms with E-state index in [4.69, 9.17) is 0 Å². The average Bonchev–Trinajstić information content (AvgIpc) is 3.33. The van der Waals surface area contributed by atoms with Gasteiger partial charge in [-0.15, -0.1) is 0 Å². The normalized spacial score (nSPS) is 11.0. The number of nitro benzene ring substituents is 1. The van der Waals surface area contributed by atoms with Crippen molar-refractivity contribution in [1.29, 1.82) is 0 Å². The largest absolute Gasteiger partial charge is 0.361 e. The third-order valence-corrected chi connectivity index (χ3v) is 6.48. The smallest absolute Gasteiger partial charge is 0.322 e. The van der Waals surface area contributed by atoms with Crippen molar-refractivity contribution in [1.82, 2.24) is 14.8 Å². The van der Waals surface area contributed by atoms with Crippen molar-refractivity contribution in [2.45, 2.75) is 32.9 Å². The number of aromatic amines is 1. The van der Waals surface area contributed by atoms with Crippen LogP contribution in [-0.2, 0) is 17.8 Å². The molecule has 1 heterocycles. The first-order chi connectivity index (χ1) is 18.7. The third kappa shape index (κ3) is 6.98. The summed E-state index contributed by atoms with van der Waals surface area (Å²) in [6.45, 7) is 4.09. The number of hydrogen-bond acceptors (Lipinski definition) is 4. The molecule has 39 heavy (non-hydrogen) atoms. The zero-order chi connectivity index (χ0) is 27.9. The second-order valence-corrected chi connectivity index (χ2v) is 9.51. The number of urea groups is 1. The lowest BCUT2D eigenvalue weighted by atomic mass is 10.1. The third-order valence-electron chi connectivity index (χ3n) is 6.48. The summed E-state index contributed by atoms with van der Waals surface area (Å²) in [5.74, 6) is -0.615. The number of rotatable bonds is 10. The first-order valence-corrected chi connectivity index (χ1v) is 12.6. The fourth-order valence-corrected chi connectivity index (χ4v) is 4.29. The number of benzene rings is 3. The number of fused-ring (bicyclic) bond motifs is 1. The molecule has 4 rings (SSSR count). The summed E-state index contributed by atoms with van der Waals surface area (Å²) < 4.78 is 13.5. The van der Waals surface area contributed by atoms with Crippen molar-refractivity contribution < 1.29 is 18.9 Å². The van der Waals surface area contributed by atoms with Crippen molar-refractivity contribution in [3.8, 4) is 0 Å². The van der Waals surface area contributed by atoms with E-state index in [1.54, 1.807) is 30.9 Å². The first kappa shape index (κ1) is 27.3. The van der Waals surface area contributed by atoms with E-state index in [1.807, 2.05) is 30.5 Å². The van der Waals surface area contributed by atoms with Gasteiger partial charge in [0.25, 0.3) is 5.69 Å². The lowest BCUT2D eigenvalue weighted by Gasteiger charge is -2.30. The number of hydrogen-bond donors (Lipinski definition) is 2. The fourth-order valence-electron chi connectivity index (χ4n) is 4.29. The SMILES string of the molecule is CC(C)N(CC(=O)N(CCc1c[nH]c2ccccc12)Cc1ccc(F)cc1)C(=O)Nc1ccc([N+](=O)[O-])cc1. The number of nitro groups is 1. The summed E-state index contributed by atoms with van der Waals surface area (Å²) in [4.78, 5) is 43.4. The number of aromatic nitrogens is 1. The molecule has 0 unspecified atom stereocenters. The molecule has 0 spiro atoms. The maximum Gasteiger partial charge on any atom is 0.322 e. The molecule has 9 nitrogen and oxygen atoms in total. The maximum atomic E-state index is 13.6. The van der Waals surface area contributed by atoms with Gasteiger partial charge in [-0.1, -0.05) is 30.3 Å². The molecule has 0 saturated heterocycles. The number of H-pyrrole nitrogens is 1. The van der Waals surface area contributed by atoms with Crippen LogP contribution in [0.3, 0.4) is 0 Å². The molecule has 0 aliphatic carbocycles. The number of amides is 3. The van der Waals surface area contributed by atoms with Gasteiger partial charge in [-0.05, 0) is 61.7 Å². The van der Waals surface area contributed by atoms with E-state index in [9.17, 15) is 24.1 Å². The van der Waals surface area contributed by atoms with Gasteiger partial charge in [-0.3, -0.25) is 14.9 Å². The Morgan fingerprint density at radius 3 is 2.38 bits per heavy atom. The maximum absolute atomic E-state index is 13.6. The van der Waals surface area contributed by atoms with Crippen LogP contribution in [0.2, 0.25) is 0 Å². The van der Waals surface area contributed by atoms with Gasteiger partial charge in [0, 0.05) is 54.1 Å². The van der Waals surface area contributed by atoms with Crippen molar-refractivity contribution in [3.63, 3.8) is 0 Å². The van der Waals surface area contributed by atoms with E-state index in [-0.39, 0.29) is 36.5 Å². The summed E-state index contributed by atoms with van der Waals surface area (Å²) in [5.41, 5.74) is 3.15. The fraction of sp³-hybridized carbons (Fsp3) is 0.241. The van der Waals surface area contributed by atoms with Gasteiger partial charge in [-0.2, -0.15) is 0 Å². The molecule has 0 bridgehead atoms. The highest BCUT2D eigenvalue weighted by Crippen LogP contribution is 2.20. The van der Waals surface area contributed by atoms with Crippen LogP contribution in [0.15, 0.2) is 79.0 Å². The van der Waals surface area contributed by atoms with Gasteiger partial charge in [0.1, 0.15) is 12.4 Å². The molecule has 0 saturated carbocycles. The van der Waals surface area contributed by atoms with E-state index >= 15 is 0 Å². The number of carbonyl (C=O) groups excluding carboxylic acids is 2. The number of non-ortho nitro benzene ring substituents is 1. The first-order valence-electron chi connectivity index (χ1n) is 12.6. The summed E-state index contributed by atoms with van der Waals surface area (Å²) >= 11 is 0. The number of halogens is 1. The number of carbonyl (C=O) groups is 2. The Hall–Kier alpha value is -4.73. The molecule has 4 aromatic rings. The highest BCUT2D eigenvalue weighted by atomic mass is 19.1. The summed E-state index contributed by atoms with van der Waals surface area (Å²) in [6, 6.07) is 18.6. The van der Waals surface area contributed by atoms with E-state index in [0.717, 1.165) is 22.0 Å². The quantitative estimate of drug-likeness (QED) is 0.201. The van der Waals surface area contributed by atoms with E-state index in [0.29, 0.717) is 18.7 Å². The molecule has 3 amide bonds. The Morgan fingerprint density at radius 2 is 1.72 bits per heavy atom. The molecular formula is C29H30FN5O4. The second-order valence-electron chi connectivity index (χ2n) is 9.51. The Kier molecular flexibility index (Phi) is 8.55. The Morgan fingerprint density at radius 1 is 1.03 bits per heavy atom. The van der Waals surface area contributed by atoms with Gasteiger partial charge < -0.3 is 20.1 Å². The number of nitrogens with zero attached hydrogens (tertiary/aromatic N) is 3. The number of anilines is 1. The number of nitrogens with one attached hydrogen (secondary N) is 2. The molecule has 10 heteroatoms. The molecule has 0 aliphatic heterocycles. The summed E-state index contributed by atoms with van der Waals surface area (Å²) in [6.07, 6.45) is 2.52. The Balaban J connectivity index is 1.49. The van der Waals surface area contributed by atoms with Crippen LogP contribution in [-0.4, -0.2) is 50.8 Å². The van der Waals surface area contributed by atoms with Gasteiger partial charge in [0.2, 0.25) is 5.91 Å². The minimum Gasteiger partial charge on any atom is -0.361 e. The predicted molar refractivity (Wildman–Crippen MR) is 148 cm³/mol. The predicted octanol–water partition coefficient (Wildman–Crippen LogP) is 5.73. The Labute approximate surface area is 225 Å². The second kappa shape index (κ2) is 12.2. The minimum atomic E-state index is -0.517. The highest BCUT2D eigenvalue weighted by molar-refractivity contribution is 5.92. The van der Waals surface area contributed by atoms with Crippen molar-refractivity contribution in [2.75, 3.05) is 18.4 Å². The van der Waals surface area contributed by atoms with E-state index < -0.39 is 11.0 Å². The van der Waals surface area contributed by atoms with Crippen LogP contribution in [0, 0.1) is 15.9 Å². The molecule has 0 fully saturated rings. The van der Waals surface area contributed by atoms with E-state index in [2.05, 4.69) is 10.3 Å². The van der Waals surface area contributed by atoms with Crippen LogP contribution >= 0.6 is 0 Å². The molecular weight excluding hydrogens is 501 g/mol. The van der Waals surface area contributed by atoms with E-state index in [1.165, 1.54) is 41.3 Å². The van der Waals surface area contributed by atoms with Crippen molar-refractivity contribution in [2.24, 2.45) is 0 Å². The zero-order valence-corrected chi connectivity index (χ0v) is 21.8. The summed E-state index contributed by atoms with van der Waals surface area (Å²) in [7, 11) is 0. The van der Waals surface area contributed by atoms with Gasteiger partial charge >= 0.3 is 6.03 Å². The molecule has 0 atom stereocenters. The van der Waals surface area contributed by atoms with Crippen LogP contribution in [0.5, 0.6) is 0 Å². The standard InChI is InChI=1S/C29H30FN5O4/c1-20(2)34(29(37)32-24-11-13-25(14-12-24)35(38)39)19-28(36)33(18-21-7-9-23(30)10-8-21)16-15-22-17-31-27-6-4-3-5-26(22)27/h3-14,17,20,31H,15-16,18-19H2,1-2H3,(H,32,37). The topological polar surface area (TPSA) is 112 Å². The molecule has 0 radical (unpaired) electrons.